The predicted octanol–water partition coefficient (Wildman–Crippen LogP) is 7.42. The number of nitrogens with two attached hydrogens (primary N) is 5. The topological polar surface area (TPSA) is 532 Å². The highest BCUT2D eigenvalue weighted by Crippen LogP contribution is 2.47. The van der Waals surface area contributed by atoms with Crippen LogP contribution in [-0.2, 0) is 42.9 Å². The normalized spacial score (nSPS) is 27.1. The molecular weight excluding hydrogens is 1780 g/mol. The fraction of sp³-hybridized carbons (Fsp3) is 0.583. The van der Waals surface area contributed by atoms with Gasteiger partial charge in [-0.3, -0.25) is 22.8 Å². The molecule has 5 fully saturated rings. The van der Waals surface area contributed by atoms with Crippen molar-refractivity contribution in [2.45, 2.75) is 214 Å². The van der Waals surface area contributed by atoms with Crippen molar-refractivity contribution in [1.82, 2.24) is 72.7 Å². The van der Waals surface area contributed by atoms with E-state index in [1.807, 2.05) is 11.5 Å². The lowest BCUT2D eigenvalue weighted by molar-refractivity contribution is -0.0413. The average molecular weight is 1910 g/mol. The molecule has 20 N–H and O–H groups in total. The summed E-state index contributed by atoms with van der Waals surface area (Å²) in [6.45, 7) is 21.3. The molecule has 15 heterocycles. The summed E-state index contributed by atoms with van der Waals surface area (Å²) in [5.41, 5.74) is 37.2. The lowest BCUT2D eigenvalue weighted by atomic mass is 10.1. The monoisotopic (exact) mass is 1910 g/mol. The summed E-state index contributed by atoms with van der Waals surface area (Å²) in [6.07, 6.45) is 23.7. The first-order chi connectivity index (χ1) is 59.1. The zero-order valence-corrected chi connectivity index (χ0v) is 80.3. The van der Waals surface area contributed by atoms with Crippen molar-refractivity contribution in [2.24, 2.45) is 0 Å². The second kappa shape index (κ2) is 41.0. The molecule has 42 heteroatoms. The molecule has 5 aliphatic rings. The Bertz CT molecular complexity index is 5560. The number of nitrogens with zero attached hydrogens (tertiary/aromatic N) is 15. The molecule has 0 unspecified atom stereocenters. The largest absolute Gasteiger partial charge is 0.397 e. The van der Waals surface area contributed by atoms with E-state index in [1.165, 1.54) is 12.3 Å². The molecule has 0 aromatic carbocycles. The summed E-state index contributed by atoms with van der Waals surface area (Å²) in [7, 11) is 0. The van der Waals surface area contributed by atoms with Gasteiger partial charge in [-0.2, -0.15) is 9.37 Å². The minimum absolute atomic E-state index is 0.175. The average Bonchev–Trinajstić information content (AvgIpc) is 1.61. The smallest absolute Gasteiger partial charge is 0.293 e. The number of aromatic nitrogens is 15. The number of ether oxygens (including phenoxy) is 5. The number of aliphatic hydroxyl groups excluding tert-OH is 10. The number of hydrogen-bond donors (Lipinski definition) is 15. The van der Waals surface area contributed by atoms with Gasteiger partial charge in [0.15, 0.2) is 64.1 Å². The Labute approximate surface area is 743 Å². The van der Waals surface area contributed by atoms with E-state index < -0.39 is 163 Å². The van der Waals surface area contributed by atoms with Gasteiger partial charge in [0.1, 0.15) is 106 Å². The van der Waals surface area contributed by atoms with Crippen molar-refractivity contribution >= 4 is 166 Å². The molecule has 126 heavy (non-hydrogen) atoms. The van der Waals surface area contributed by atoms with Gasteiger partial charge >= 0.3 is 0 Å². The molecule has 10 aromatic rings. The number of anilines is 5. The van der Waals surface area contributed by atoms with E-state index >= 15 is 0 Å². The zero-order valence-electron chi connectivity index (χ0n) is 74.3. The van der Waals surface area contributed by atoms with E-state index in [0.717, 1.165) is 78.5 Å². The third-order valence-corrected chi connectivity index (χ3v) is 30.7. The van der Waals surface area contributed by atoms with Crippen LogP contribution in [0.15, 0.2) is 66.0 Å². The summed E-state index contributed by atoms with van der Waals surface area (Å²) < 4.78 is 52.8. The lowest BCUT2D eigenvalue weighted by Gasteiger charge is -2.20. The van der Waals surface area contributed by atoms with Gasteiger partial charge in [-0.05, 0) is 189 Å². The van der Waals surface area contributed by atoms with Crippen LogP contribution in [0.1, 0.15) is 121 Å². The molecule has 10 aromatic heterocycles. The van der Waals surface area contributed by atoms with E-state index in [-0.39, 0.29) is 16.9 Å². The molecule has 20 atom stereocenters. The van der Waals surface area contributed by atoms with Crippen LogP contribution in [0.25, 0.3) is 55.8 Å². The SMILES string of the molecule is C=P(C)(C)CC[C@H]1O[C@@H](n2c(Br)nc3c(N)ccnc32)[C@H](O)[C@@H]1O.C=P(C)(C)CC[C@H]1O[C@@H](n2c(CC)nc3c(N)ccnc32)[C@H](O)[C@@H]1O.C=P(C)(C)CC[C@H]1O[C@@H](n2c(CCC)nc3c(N)ccnc32)[C@H](O)[C@@H]1O.C=P(C)(C)CC[C@H]1O[C@@H](n2c(CCCC)nc3c(N)ccnc32)[C@H](O)[C@@H]1O.C=P(C)(C)CC[C@H]1O[C@@H](n2c(F)nc3c(N)ccnc32)[C@H](O)[C@@H]1O. The summed E-state index contributed by atoms with van der Waals surface area (Å²) >= 11 is 3.37. The molecule has 0 aliphatic carbocycles. The molecule has 5 aliphatic heterocycles. The Morgan fingerprint density at radius 2 is 0.579 bits per heavy atom. The van der Waals surface area contributed by atoms with Crippen molar-refractivity contribution in [1.29, 1.82) is 0 Å². The van der Waals surface area contributed by atoms with E-state index in [1.54, 1.807) is 62.8 Å². The number of hydrogen-bond acceptors (Lipinski definition) is 30. The van der Waals surface area contributed by atoms with Crippen LogP contribution in [0.5, 0.6) is 0 Å². The van der Waals surface area contributed by atoms with Gasteiger partial charge < -0.3 is 103 Å². The number of aryl methyl sites for hydroxylation is 3. The van der Waals surface area contributed by atoms with Gasteiger partial charge in [0.05, 0.1) is 59.0 Å². The van der Waals surface area contributed by atoms with Crippen molar-refractivity contribution in [2.75, 3.05) is 126 Å². The summed E-state index contributed by atoms with van der Waals surface area (Å²) in [4.78, 5) is 43.5. The van der Waals surface area contributed by atoms with Crippen molar-refractivity contribution in [3.63, 3.8) is 0 Å². The van der Waals surface area contributed by atoms with Crippen LogP contribution >= 0.6 is 50.4 Å². The Morgan fingerprint density at radius 3 is 0.857 bits per heavy atom. The Morgan fingerprint density at radius 1 is 0.341 bits per heavy atom. The molecule has 0 spiro atoms. The van der Waals surface area contributed by atoms with E-state index in [0.29, 0.717) is 117 Å². The zero-order chi connectivity index (χ0) is 92.5. The molecule has 0 amide bonds. The third kappa shape index (κ3) is 23.1. The Balaban J connectivity index is 0.000000153. The highest BCUT2D eigenvalue weighted by Gasteiger charge is 2.50. The molecule has 0 radical (unpaired) electrons. The number of unbranched alkanes of at least 4 members (excludes halogenated alkanes) is 1. The number of fused-ring (bicyclic) bond motifs is 5. The summed E-state index contributed by atoms with van der Waals surface area (Å²) in [6, 6.07) is 8.30. The molecular formula is C84H131BrFN20O15P5. The van der Waals surface area contributed by atoms with Gasteiger partial charge in [-0.1, -0.05) is 27.2 Å². The van der Waals surface area contributed by atoms with Crippen LogP contribution in [0.4, 0.5) is 32.8 Å². The van der Waals surface area contributed by atoms with Gasteiger partial charge in [-0.25, -0.2) is 44.9 Å². The summed E-state index contributed by atoms with van der Waals surface area (Å²) in [5, 5.41) is 105. The van der Waals surface area contributed by atoms with Crippen LogP contribution < -0.4 is 28.7 Å². The number of halogens is 2. The van der Waals surface area contributed by atoms with Gasteiger partial charge in [0.2, 0.25) is 0 Å². The van der Waals surface area contributed by atoms with Gasteiger partial charge in [0.25, 0.3) is 6.08 Å². The van der Waals surface area contributed by atoms with E-state index in [4.69, 9.17) is 52.4 Å². The first-order valence-corrected chi connectivity index (χ1v) is 58.5. The number of imidazole rings is 5. The minimum Gasteiger partial charge on any atom is -0.397 e. The Hall–Kier alpha value is -6.59. The van der Waals surface area contributed by atoms with Crippen LogP contribution in [-0.4, -0.2) is 344 Å². The fourth-order valence-corrected chi connectivity index (χ4v) is 21.1. The van der Waals surface area contributed by atoms with E-state index in [2.05, 4.69) is 178 Å². The van der Waals surface area contributed by atoms with E-state index in [9.17, 15) is 55.5 Å². The Kier molecular flexibility index (Phi) is 32.6. The molecule has 5 saturated heterocycles. The number of pyridine rings is 5. The van der Waals surface area contributed by atoms with Crippen LogP contribution in [0.3, 0.4) is 0 Å². The second-order valence-electron chi connectivity index (χ2n) is 36.7. The molecule has 696 valence electrons. The van der Waals surface area contributed by atoms with Crippen molar-refractivity contribution < 1.29 is 79.1 Å². The first-order valence-electron chi connectivity index (χ1n) is 42.4. The molecule has 35 nitrogen and oxygen atoms in total. The third-order valence-electron chi connectivity index (χ3n) is 22.8. The summed E-state index contributed by atoms with van der Waals surface area (Å²) in [5.74, 6) is 2.26. The standard InChI is InChI=1S/C19H31N4O3P.C18H29N4O3P.C17H27N4O3P.C15H22BrN4O3P.C15H22FN4O3P/c1-5-6-7-14-22-15-12(20)8-10-21-18(15)23(14)19-17(25)16(24)13(26-19)9-11-27(2,3)4;1-5-6-13-21-14-11(19)7-9-20-17(14)22(13)18-16(24)15(23)12(25-18)8-10-26(2,3)4;1-5-12-20-13-10(18)6-8-19-16(13)21(12)17-15(23)14(22)11(24-17)7-9-25(2,3)4;2*1-24(2,3)7-5-9-11(21)12(22)14(23-9)20-13-10(19-15(20)16)8(17)4-6-18-13/h8,10,13,16-17,19,24-25H,2,5-7,9,11H2,1,3-4H3,(H2,20,21);7,9,12,15-16,18,23-24H,2,5-6,8,10H2,1,3-4H3,(H2,19,20);6,8,11,14-15,17,22-23H,2,5,7,9H2,1,3-4H3,(H2,18,19);2*4,6,9,11-12,14,21-22H,1,5,7H2,2-3H3,(H2,17,18)/t13-,16-,17-,19-;12-,15-,16-,18-;11-,14-,15-,17-;2*9-,11-,12-,14-/m11111/s1. The quantitative estimate of drug-likeness (QED) is 0.0234. The van der Waals surface area contributed by atoms with Gasteiger partial charge in [-0.15, -0.1) is 65.9 Å². The fourth-order valence-electron chi connectivity index (χ4n) is 15.8. The van der Waals surface area contributed by atoms with Gasteiger partial charge in [0, 0.05) is 50.2 Å². The maximum absolute atomic E-state index is 14.3. The van der Waals surface area contributed by atoms with Crippen LogP contribution in [0.2, 0.25) is 0 Å². The maximum Gasteiger partial charge on any atom is 0.293 e. The molecule has 0 saturated carbocycles. The first kappa shape index (κ1) is 100.0. The number of rotatable bonds is 26. The minimum atomic E-state index is -1.29. The van der Waals surface area contributed by atoms with Crippen molar-refractivity contribution in [3.05, 3.63) is 89.6 Å². The highest BCUT2D eigenvalue weighted by molar-refractivity contribution is 9.10. The second-order valence-corrected chi connectivity index (χ2v) is 59.0. The van der Waals surface area contributed by atoms with Crippen molar-refractivity contribution in [3.8, 4) is 0 Å². The lowest BCUT2D eigenvalue weighted by Crippen LogP contribution is -2.32. The highest BCUT2D eigenvalue weighted by atomic mass is 79.9. The predicted molar refractivity (Wildman–Crippen MR) is 516 cm³/mol. The molecule has 15 rings (SSSR count). The number of aliphatic hydroxyl groups is 10. The maximum atomic E-state index is 14.3. The number of nitrogen functional groups attached to an aromatic ring is 5. The molecule has 0 bridgehead atoms. The van der Waals surface area contributed by atoms with Crippen LogP contribution in [0, 0.1) is 6.08 Å².